The highest BCUT2D eigenvalue weighted by atomic mass is 16.5. The molecule has 1 unspecified atom stereocenters. The van der Waals surface area contributed by atoms with Crippen LogP contribution in [-0.4, -0.2) is 71.5 Å². The topological polar surface area (TPSA) is 88.8 Å². The smallest absolute Gasteiger partial charge is 0.253 e. The number of fused-ring (bicyclic) bond motifs is 2. The fourth-order valence-corrected chi connectivity index (χ4v) is 4.49. The molecule has 3 heterocycles. The first kappa shape index (κ1) is 18.8. The van der Waals surface area contributed by atoms with Gasteiger partial charge in [-0.15, -0.1) is 0 Å². The molecule has 3 atom stereocenters. The van der Waals surface area contributed by atoms with Crippen molar-refractivity contribution in [3.05, 3.63) is 30.1 Å². The number of pyridine rings is 1. The van der Waals surface area contributed by atoms with Gasteiger partial charge in [0, 0.05) is 51.2 Å². The zero-order valence-electron chi connectivity index (χ0n) is 15.6. The van der Waals surface area contributed by atoms with E-state index in [9.17, 15) is 9.59 Å². The van der Waals surface area contributed by atoms with Crippen molar-refractivity contribution in [1.82, 2.24) is 14.8 Å². The molecule has 3 rings (SSSR count). The maximum atomic E-state index is 12.6. The number of likely N-dealkylation sites (N-methyl/N-ethyl adjacent to an activating group) is 1. The first-order valence-corrected chi connectivity index (χ1v) is 9.23. The van der Waals surface area contributed by atoms with Gasteiger partial charge in [-0.1, -0.05) is 0 Å². The number of amides is 2. The second-order valence-electron chi connectivity index (χ2n) is 7.41. The number of methoxy groups -OCH3 is 1. The lowest BCUT2D eigenvalue weighted by Gasteiger charge is -2.44. The van der Waals surface area contributed by atoms with Gasteiger partial charge in [-0.25, -0.2) is 0 Å². The van der Waals surface area contributed by atoms with Crippen molar-refractivity contribution in [2.45, 2.75) is 49.8 Å². The molecule has 0 aromatic carbocycles. The predicted molar refractivity (Wildman–Crippen MR) is 97.5 cm³/mol. The van der Waals surface area contributed by atoms with Crippen molar-refractivity contribution in [1.29, 1.82) is 0 Å². The van der Waals surface area contributed by atoms with Crippen molar-refractivity contribution in [2.24, 2.45) is 5.73 Å². The van der Waals surface area contributed by atoms with Crippen LogP contribution >= 0.6 is 0 Å². The lowest BCUT2D eigenvalue weighted by molar-refractivity contribution is -0.133. The van der Waals surface area contributed by atoms with Gasteiger partial charge < -0.3 is 15.4 Å². The highest BCUT2D eigenvalue weighted by Gasteiger charge is 2.52. The molecule has 0 radical (unpaired) electrons. The fraction of sp³-hybridized carbons (Fsp3) is 0.632. The van der Waals surface area contributed by atoms with Crippen molar-refractivity contribution in [2.75, 3.05) is 27.2 Å². The number of primary amides is 1. The van der Waals surface area contributed by atoms with Gasteiger partial charge in [0.15, 0.2) is 0 Å². The Morgan fingerprint density at radius 1 is 1.38 bits per heavy atom. The minimum atomic E-state index is -0.534. The summed E-state index contributed by atoms with van der Waals surface area (Å²) in [6.07, 6.45) is 7.83. The Balaban J connectivity index is 1.67. The molecule has 1 aromatic heterocycles. The molecule has 2 bridgehead atoms. The van der Waals surface area contributed by atoms with E-state index >= 15 is 0 Å². The maximum absolute atomic E-state index is 12.6. The number of nitrogens with two attached hydrogens (primary N) is 1. The largest absolute Gasteiger partial charge is 0.378 e. The van der Waals surface area contributed by atoms with E-state index in [1.54, 1.807) is 43.6 Å². The first-order valence-electron chi connectivity index (χ1n) is 9.23. The van der Waals surface area contributed by atoms with E-state index < -0.39 is 5.54 Å². The summed E-state index contributed by atoms with van der Waals surface area (Å²) in [5, 5.41) is 0. The molecule has 0 aliphatic carbocycles. The molecule has 2 aliphatic heterocycles. The zero-order chi connectivity index (χ0) is 18.7. The van der Waals surface area contributed by atoms with E-state index in [0.717, 1.165) is 32.1 Å². The number of nitrogens with zero attached hydrogens (tertiary/aromatic N) is 3. The van der Waals surface area contributed by atoms with Crippen LogP contribution in [0.15, 0.2) is 24.5 Å². The van der Waals surface area contributed by atoms with Crippen LogP contribution in [-0.2, 0) is 9.53 Å². The average Bonchev–Trinajstić information content (AvgIpc) is 2.85. The average molecular weight is 360 g/mol. The number of piperidine rings is 1. The maximum Gasteiger partial charge on any atom is 0.253 e. The summed E-state index contributed by atoms with van der Waals surface area (Å²) in [4.78, 5) is 32.6. The van der Waals surface area contributed by atoms with Gasteiger partial charge in [-0.05, 0) is 44.2 Å². The standard InChI is InChI=1S/C19H28N4O3/c1-22(17(24)14-6-10-21-11-7-14)12-16(26-2)13-23-15-4-3-8-19(23,9-5-15)18(20)25/h6-7,10-11,15-16H,3-5,8-9,12-13H2,1-2H3,(H2,20,25)/t15-,16?,19+/m1/s1. The molecule has 7 heteroatoms. The molecule has 2 amide bonds. The van der Waals surface area contributed by atoms with E-state index in [1.165, 1.54) is 0 Å². The Morgan fingerprint density at radius 3 is 2.77 bits per heavy atom. The van der Waals surface area contributed by atoms with Crippen LogP contribution in [0.4, 0.5) is 0 Å². The Bertz CT molecular complexity index is 649. The van der Waals surface area contributed by atoms with Crippen LogP contribution in [0, 0.1) is 0 Å². The quantitative estimate of drug-likeness (QED) is 0.785. The second-order valence-corrected chi connectivity index (χ2v) is 7.41. The van der Waals surface area contributed by atoms with Gasteiger partial charge in [0.1, 0.15) is 5.54 Å². The van der Waals surface area contributed by atoms with Crippen molar-refractivity contribution >= 4 is 11.8 Å². The Labute approximate surface area is 154 Å². The van der Waals surface area contributed by atoms with Crippen LogP contribution < -0.4 is 5.73 Å². The van der Waals surface area contributed by atoms with Gasteiger partial charge in [-0.2, -0.15) is 0 Å². The summed E-state index contributed by atoms with van der Waals surface area (Å²) in [6, 6.07) is 3.79. The van der Waals surface area contributed by atoms with E-state index in [4.69, 9.17) is 10.5 Å². The third-order valence-corrected chi connectivity index (χ3v) is 5.95. The minimum Gasteiger partial charge on any atom is -0.378 e. The highest BCUT2D eigenvalue weighted by Crippen LogP contribution is 2.44. The molecule has 2 aliphatic rings. The Morgan fingerprint density at radius 2 is 2.12 bits per heavy atom. The molecule has 26 heavy (non-hydrogen) atoms. The van der Waals surface area contributed by atoms with E-state index in [1.807, 2.05) is 0 Å². The molecule has 0 saturated carbocycles. The molecule has 0 spiro atoms. The Hall–Kier alpha value is -1.99. The molecule has 2 N–H and O–H groups in total. The number of rotatable bonds is 7. The number of hydrogen-bond donors (Lipinski definition) is 1. The second kappa shape index (κ2) is 7.72. The van der Waals surface area contributed by atoms with Crippen molar-refractivity contribution in [3.8, 4) is 0 Å². The van der Waals surface area contributed by atoms with Gasteiger partial charge in [0.05, 0.1) is 6.10 Å². The van der Waals surface area contributed by atoms with Crippen LogP contribution in [0.25, 0.3) is 0 Å². The first-order chi connectivity index (χ1) is 12.5. The minimum absolute atomic E-state index is 0.0688. The van der Waals surface area contributed by atoms with E-state index in [-0.39, 0.29) is 17.9 Å². The van der Waals surface area contributed by atoms with Crippen molar-refractivity contribution in [3.63, 3.8) is 0 Å². The summed E-state index contributed by atoms with van der Waals surface area (Å²) < 4.78 is 5.66. The van der Waals surface area contributed by atoms with Crippen molar-refractivity contribution < 1.29 is 14.3 Å². The number of carbonyl (C=O) groups is 2. The van der Waals surface area contributed by atoms with Crippen LogP contribution in [0.5, 0.6) is 0 Å². The summed E-state index contributed by atoms with van der Waals surface area (Å²) in [5.74, 6) is -0.295. The van der Waals surface area contributed by atoms with Crippen LogP contribution in [0.3, 0.4) is 0 Å². The van der Waals surface area contributed by atoms with Gasteiger partial charge in [-0.3, -0.25) is 19.5 Å². The molecule has 2 saturated heterocycles. The summed E-state index contributed by atoms with van der Waals surface area (Å²) in [7, 11) is 3.42. The third-order valence-electron chi connectivity index (χ3n) is 5.95. The van der Waals surface area contributed by atoms with Gasteiger partial charge in [0.25, 0.3) is 5.91 Å². The summed E-state index contributed by atoms with van der Waals surface area (Å²) >= 11 is 0. The normalized spacial score (nSPS) is 26.5. The molecular weight excluding hydrogens is 332 g/mol. The van der Waals surface area contributed by atoms with Crippen LogP contribution in [0.1, 0.15) is 42.5 Å². The fourth-order valence-electron chi connectivity index (χ4n) is 4.49. The van der Waals surface area contributed by atoms with E-state index in [2.05, 4.69) is 9.88 Å². The van der Waals surface area contributed by atoms with Gasteiger partial charge in [0.2, 0.25) is 5.91 Å². The zero-order valence-corrected chi connectivity index (χ0v) is 15.6. The third kappa shape index (κ3) is 3.46. The molecule has 1 aromatic rings. The molecule has 7 nitrogen and oxygen atoms in total. The number of hydrogen-bond acceptors (Lipinski definition) is 5. The summed E-state index contributed by atoms with van der Waals surface area (Å²) in [6.45, 7) is 1.06. The molecular formula is C19H28N4O3. The Kier molecular flexibility index (Phi) is 5.58. The lowest BCUT2D eigenvalue weighted by Crippen LogP contribution is -2.60. The summed E-state index contributed by atoms with van der Waals surface area (Å²) in [5.41, 5.74) is 5.85. The SMILES string of the molecule is COC(CN(C)C(=O)c1ccncc1)CN1[C@@H]2CCC[C@@]1(C(N)=O)CC2. The molecule has 142 valence electrons. The number of carbonyl (C=O) groups excluding carboxylic acids is 2. The van der Waals surface area contributed by atoms with Gasteiger partial charge >= 0.3 is 0 Å². The van der Waals surface area contributed by atoms with Crippen LogP contribution in [0.2, 0.25) is 0 Å². The monoisotopic (exact) mass is 360 g/mol. The highest BCUT2D eigenvalue weighted by molar-refractivity contribution is 5.93. The molecule has 2 fully saturated rings. The lowest BCUT2D eigenvalue weighted by atomic mass is 9.87. The predicted octanol–water partition coefficient (Wildman–Crippen LogP) is 1.04. The number of ether oxygens (including phenoxy) is 1. The van der Waals surface area contributed by atoms with E-state index in [0.29, 0.717) is 24.7 Å². The number of aromatic nitrogens is 1.